The number of hydrogen-bond acceptors (Lipinski definition) is 6. The number of piperazine rings is 1. The summed E-state index contributed by atoms with van der Waals surface area (Å²) in [6.45, 7) is 4.27. The second-order valence-corrected chi connectivity index (χ2v) is 10.7. The quantitative estimate of drug-likeness (QED) is 0.325. The van der Waals surface area contributed by atoms with Crippen molar-refractivity contribution >= 4 is 33.0 Å². The smallest absolute Gasteiger partial charge is 0.236 e. The number of benzene rings is 3. The summed E-state index contributed by atoms with van der Waals surface area (Å²) in [6, 6.07) is 19.9. The van der Waals surface area contributed by atoms with Crippen LogP contribution in [0.25, 0.3) is 11.5 Å². The summed E-state index contributed by atoms with van der Waals surface area (Å²) in [7, 11) is -4.05. The molecule has 0 unspecified atom stereocenters. The molecule has 0 N–H and O–H groups in total. The van der Waals surface area contributed by atoms with E-state index in [4.69, 9.17) is 16.0 Å². The van der Waals surface area contributed by atoms with Gasteiger partial charge in [-0.05, 0) is 61.0 Å². The summed E-state index contributed by atoms with van der Waals surface area (Å²) in [5.74, 6) is -0.0866. The molecule has 5 rings (SSSR count). The summed E-state index contributed by atoms with van der Waals surface area (Å²) in [4.78, 5) is 8.50. The van der Waals surface area contributed by atoms with Crippen LogP contribution in [0.2, 0.25) is 5.02 Å². The Bertz CT molecular complexity index is 1460. The van der Waals surface area contributed by atoms with E-state index in [1.807, 2.05) is 60.4 Å². The molecule has 35 heavy (non-hydrogen) atoms. The highest BCUT2D eigenvalue weighted by atomic mass is 35.5. The second-order valence-electron chi connectivity index (χ2n) is 8.36. The molecule has 0 saturated carbocycles. The molecule has 1 fully saturated rings. The van der Waals surface area contributed by atoms with Gasteiger partial charge in [0.2, 0.25) is 26.6 Å². The molecule has 9 heteroatoms. The molecule has 1 aromatic heterocycles. The molecule has 3 aromatic carbocycles. The number of nitrogens with zero attached hydrogens (tertiary/aromatic N) is 3. The van der Waals surface area contributed by atoms with Gasteiger partial charge in [0.05, 0.1) is 4.90 Å². The zero-order valence-electron chi connectivity index (χ0n) is 19.0. The molecule has 1 aliphatic rings. The van der Waals surface area contributed by atoms with Crippen LogP contribution in [0, 0.1) is 12.7 Å². The van der Waals surface area contributed by atoms with E-state index >= 15 is 0 Å². The third kappa shape index (κ3) is 4.63. The van der Waals surface area contributed by atoms with Gasteiger partial charge in [-0.1, -0.05) is 35.9 Å². The van der Waals surface area contributed by atoms with Crippen LogP contribution in [0.3, 0.4) is 0 Å². The number of anilines is 2. The summed E-state index contributed by atoms with van der Waals surface area (Å²) in [5, 5.41) is 0.495. The summed E-state index contributed by atoms with van der Waals surface area (Å²) in [5.41, 5.74) is 2.64. The van der Waals surface area contributed by atoms with E-state index in [2.05, 4.69) is 9.88 Å². The van der Waals surface area contributed by atoms with Crippen molar-refractivity contribution in [3.63, 3.8) is 0 Å². The van der Waals surface area contributed by atoms with Crippen LogP contribution < -0.4 is 9.80 Å². The average molecular weight is 512 g/mol. The van der Waals surface area contributed by atoms with Crippen LogP contribution in [-0.2, 0) is 9.84 Å². The van der Waals surface area contributed by atoms with E-state index in [0.717, 1.165) is 23.4 Å². The standard InChI is InChI=1S/C26H23ClFN3O3S/c1-18-5-2-3-8-23(18)24-29-25(35(32,33)22-11-9-20(28)10-12-22)26(34-24)31-15-13-30(14-16-31)21-7-4-6-19(27)17-21/h2-12,17H,13-16H2,1H3. The lowest BCUT2D eigenvalue weighted by atomic mass is 10.1. The summed E-state index contributed by atoms with van der Waals surface area (Å²) in [6.07, 6.45) is 0. The van der Waals surface area contributed by atoms with Crippen molar-refractivity contribution < 1.29 is 17.2 Å². The third-order valence-electron chi connectivity index (χ3n) is 6.07. The predicted molar refractivity (Wildman–Crippen MR) is 134 cm³/mol. The first-order valence-corrected chi connectivity index (χ1v) is 13.0. The van der Waals surface area contributed by atoms with Crippen LogP contribution >= 0.6 is 11.6 Å². The summed E-state index contributed by atoms with van der Waals surface area (Å²) >= 11 is 6.15. The fourth-order valence-corrected chi connectivity index (χ4v) is 5.67. The van der Waals surface area contributed by atoms with Crippen molar-refractivity contribution in [2.24, 2.45) is 0 Å². The first-order chi connectivity index (χ1) is 16.8. The number of sulfone groups is 1. The fourth-order valence-electron chi connectivity index (χ4n) is 4.17. The minimum Gasteiger partial charge on any atom is -0.419 e. The molecule has 1 aliphatic heterocycles. The Morgan fingerprint density at radius 3 is 2.29 bits per heavy atom. The van der Waals surface area contributed by atoms with E-state index in [-0.39, 0.29) is 21.7 Å². The Morgan fingerprint density at radius 2 is 1.60 bits per heavy atom. The topological polar surface area (TPSA) is 66.7 Å². The Hall–Kier alpha value is -3.36. The summed E-state index contributed by atoms with van der Waals surface area (Å²) < 4.78 is 46.7. The molecule has 0 atom stereocenters. The van der Waals surface area contributed by atoms with Crippen LogP contribution in [0.1, 0.15) is 5.56 Å². The SMILES string of the molecule is Cc1ccccc1-c1nc(S(=O)(=O)c2ccc(F)cc2)c(N2CCN(c3cccc(Cl)c3)CC2)o1. The predicted octanol–water partition coefficient (Wildman–Crippen LogP) is 5.60. The number of rotatable bonds is 5. The molecule has 0 aliphatic carbocycles. The molecule has 0 spiro atoms. The molecule has 0 radical (unpaired) electrons. The lowest BCUT2D eigenvalue weighted by molar-refractivity contribution is 0.525. The Kier molecular flexibility index (Phi) is 6.25. The zero-order valence-corrected chi connectivity index (χ0v) is 20.6. The number of aryl methyl sites for hydroxylation is 1. The number of oxazole rings is 1. The van der Waals surface area contributed by atoms with Gasteiger partial charge in [-0.2, -0.15) is 4.98 Å². The van der Waals surface area contributed by atoms with Gasteiger partial charge in [-0.3, -0.25) is 0 Å². The van der Waals surface area contributed by atoms with Crippen molar-refractivity contribution in [3.8, 4) is 11.5 Å². The first-order valence-electron chi connectivity index (χ1n) is 11.2. The molecule has 0 bridgehead atoms. The Balaban J connectivity index is 1.52. The van der Waals surface area contributed by atoms with Gasteiger partial charge in [0.25, 0.3) is 0 Å². The number of halogens is 2. The van der Waals surface area contributed by atoms with Gasteiger partial charge < -0.3 is 14.2 Å². The van der Waals surface area contributed by atoms with Gasteiger partial charge in [0.1, 0.15) is 5.82 Å². The minimum absolute atomic E-state index is 0.0395. The number of aromatic nitrogens is 1. The highest BCUT2D eigenvalue weighted by Crippen LogP contribution is 2.36. The number of hydrogen-bond donors (Lipinski definition) is 0. The van der Waals surface area contributed by atoms with Crippen molar-refractivity contribution in [2.75, 3.05) is 36.0 Å². The maximum Gasteiger partial charge on any atom is 0.236 e. The van der Waals surface area contributed by atoms with Gasteiger partial charge >= 0.3 is 0 Å². The molecule has 2 heterocycles. The normalized spacial score (nSPS) is 14.4. The van der Waals surface area contributed by atoms with Crippen LogP contribution in [-0.4, -0.2) is 39.6 Å². The lowest BCUT2D eigenvalue weighted by Gasteiger charge is -2.36. The molecular weight excluding hydrogens is 489 g/mol. The maximum absolute atomic E-state index is 13.6. The van der Waals surface area contributed by atoms with E-state index in [9.17, 15) is 12.8 Å². The van der Waals surface area contributed by atoms with Crippen molar-refractivity contribution in [1.29, 1.82) is 0 Å². The lowest BCUT2D eigenvalue weighted by Crippen LogP contribution is -2.46. The van der Waals surface area contributed by atoms with E-state index in [1.54, 1.807) is 0 Å². The zero-order chi connectivity index (χ0) is 24.6. The first kappa shape index (κ1) is 23.4. The molecule has 1 saturated heterocycles. The van der Waals surface area contributed by atoms with Crippen LogP contribution in [0.4, 0.5) is 16.0 Å². The molecular formula is C26H23ClFN3O3S. The van der Waals surface area contributed by atoms with Gasteiger partial charge in [0.15, 0.2) is 0 Å². The van der Waals surface area contributed by atoms with E-state index in [1.165, 1.54) is 12.1 Å². The van der Waals surface area contributed by atoms with Crippen LogP contribution in [0.15, 0.2) is 87.1 Å². The van der Waals surface area contributed by atoms with Gasteiger partial charge in [-0.15, -0.1) is 0 Å². The van der Waals surface area contributed by atoms with Crippen molar-refractivity contribution in [3.05, 3.63) is 89.2 Å². The van der Waals surface area contributed by atoms with Gasteiger partial charge in [0, 0.05) is 42.5 Å². The Labute approximate surface area is 208 Å². The van der Waals surface area contributed by atoms with Crippen molar-refractivity contribution in [2.45, 2.75) is 16.8 Å². The molecule has 4 aromatic rings. The largest absolute Gasteiger partial charge is 0.419 e. The van der Waals surface area contributed by atoms with E-state index < -0.39 is 15.7 Å². The fraction of sp³-hybridized carbons (Fsp3) is 0.192. The molecule has 0 amide bonds. The monoisotopic (exact) mass is 511 g/mol. The van der Waals surface area contributed by atoms with E-state index in [0.29, 0.717) is 36.8 Å². The Morgan fingerprint density at radius 1 is 0.914 bits per heavy atom. The maximum atomic E-state index is 13.6. The van der Waals surface area contributed by atoms with Gasteiger partial charge in [-0.25, -0.2) is 12.8 Å². The average Bonchev–Trinajstić information content (AvgIpc) is 3.31. The minimum atomic E-state index is -4.05. The second kappa shape index (κ2) is 9.36. The molecule has 6 nitrogen and oxygen atoms in total. The highest BCUT2D eigenvalue weighted by molar-refractivity contribution is 7.91. The van der Waals surface area contributed by atoms with Crippen LogP contribution in [0.5, 0.6) is 0 Å². The highest BCUT2D eigenvalue weighted by Gasteiger charge is 2.33. The third-order valence-corrected chi connectivity index (χ3v) is 7.98. The molecule has 180 valence electrons. The van der Waals surface area contributed by atoms with Crippen molar-refractivity contribution in [1.82, 2.24) is 4.98 Å².